The summed E-state index contributed by atoms with van der Waals surface area (Å²) in [4.78, 5) is 24.1. The molecular formula is C30H26N6O. The Labute approximate surface area is 215 Å². The summed E-state index contributed by atoms with van der Waals surface area (Å²) in [5.74, 6) is 1.73. The van der Waals surface area contributed by atoms with Gasteiger partial charge in [-0.2, -0.15) is 0 Å². The molecule has 0 atom stereocenters. The van der Waals surface area contributed by atoms with Crippen LogP contribution >= 0.6 is 0 Å². The van der Waals surface area contributed by atoms with Crippen LogP contribution in [-0.4, -0.2) is 30.9 Å². The quantitative estimate of drug-likeness (QED) is 0.312. The molecule has 0 radical (unpaired) electrons. The number of carbonyl (C=O) groups is 1. The average molecular weight is 487 g/mol. The second-order valence-corrected chi connectivity index (χ2v) is 9.52. The topological polar surface area (TPSA) is 76.8 Å². The lowest BCUT2D eigenvalue weighted by Crippen LogP contribution is -2.26. The first-order chi connectivity index (χ1) is 18.1. The fourth-order valence-corrected chi connectivity index (χ4v) is 4.70. The van der Waals surface area contributed by atoms with Crippen molar-refractivity contribution in [2.24, 2.45) is 0 Å². The van der Waals surface area contributed by atoms with Crippen molar-refractivity contribution in [3.05, 3.63) is 108 Å². The van der Waals surface area contributed by atoms with Crippen LogP contribution in [0.5, 0.6) is 0 Å². The number of rotatable bonds is 6. The molecule has 1 amide bonds. The molecule has 37 heavy (non-hydrogen) atoms. The second kappa shape index (κ2) is 9.43. The predicted octanol–water partition coefficient (Wildman–Crippen LogP) is 5.60. The standard InChI is InChI=1S/C30H26N6O/c1-20(2)25-10-6-7-11-26(25)29-31-17-23-16-28(37)35(30(23)32-29)18-21-12-14-24(15-13-21)36-19-27(33-34-36)22-8-4-3-5-9-22/h3-15,17,19-20H,16,18H2,1-2H3. The Balaban J connectivity index is 1.24. The van der Waals surface area contributed by atoms with Gasteiger partial charge in [-0.05, 0) is 29.2 Å². The molecule has 0 saturated carbocycles. The Bertz CT molecular complexity index is 1570. The van der Waals surface area contributed by atoms with E-state index < -0.39 is 0 Å². The third-order valence-electron chi connectivity index (χ3n) is 6.67. The molecule has 0 fully saturated rings. The van der Waals surface area contributed by atoms with Crippen molar-refractivity contribution in [2.75, 3.05) is 4.90 Å². The van der Waals surface area contributed by atoms with E-state index in [-0.39, 0.29) is 5.91 Å². The Kier molecular flexibility index (Phi) is 5.81. The summed E-state index contributed by atoms with van der Waals surface area (Å²) >= 11 is 0. The van der Waals surface area contributed by atoms with Gasteiger partial charge in [0.25, 0.3) is 0 Å². The summed E-state index contributed by atoms with van der Waals surface area (Å²) in [7, 11) is 0. The molecule has 1 aliphatic rings. The van der Waals surface area contributed by atoms with E-state index in [1.54, 1.807) is 15.8 Å². The molecule has 0 spiro atoms. The molecule has 0 saturated heterocycles. The lowest BCUT2D eigenvalue weighted by atomic mass is 9.97. The Hall–Kier alpha value is -4.65. The van der Waals surface area contributed by atoms with Crippen LogP contribution in [0.15, 0.2) is 91.3 Å². The number of nitrogens with zero attached hydrogens (tertiary/aromatic N) is 6. The minimum absolute atomic E-state index is 0.0338. The van der Waals surface area contributed by atoms with Crippen LogP contribution in [0.25, 0.3) is 28.3 Å². The number of aromatic nitrogens is 5. The minimum Gasteiger partial charge on any atom is -0.292 e. The number of fused-ring (bicyclic) bond motifs is 1. The number of benzene rings is 3. The van der Waals surface area contributed by atoms with Gasteiger partial charge in [0, 0.05) is 22.9 Å². The van der Waals surface area contributed by atoms with Gasteiger partial charge in [0.1, 0.15) is 11.5 Å². The molecule has 0 aliphatic carbocycles. The maximum Gasteiger partial charge on any atom is 0.233 e. The van der Waals surface area contributed by atoms with E-state index in [9.17, 15) is 4.79 Å². The molecule has 6 rings (SSSR count). The molecule has 7 heteroatoms. The normalized spacial score (nSPS) is 12.8. The Morgan fingerprint density at radius 3 is 2.46 bits per heavy atom. The third kappa shape index (κ3) is 4.40. The van der Waals surface area contributed by atoms with Gasteiger partial charge in [0.15, 0.2) is 5.82 Å². The maximum absolute atomic E-state index is 12.9. The molecule has 1 aliphatic heterocycles. The number of amides is 1. The second-order valence-electron chi connectivity index (χ2n) is 9.52. The van der Waals surface area contributed by atoms with Crippen LogP contribution in [-0.2, 0) is 17.8 Å². The van der Waals surface area contributed by atoms with E-state index in [1.165, 1.54) is 5.56 Å². The van der Waals surface area contributed by atoms with Gasteiger partial charge in [-0.1, -0.05) is 85.8 Å². The van der Waals surface area contributed by atoms with Crippen molar-refractivity contribution in [1.82, 2.24) is 25.0 Å². The first kappa shape index (κ1) is 22.8. The van der Waals surface area contributed by atoms with Gasteiger partial charge < -0.3 is 0 Å². The summed E-state index contributed by atoms with van der Waals surface area (Å²) in [6.07, 6.45) is 4.03. The van der Waals surface area contributed by atoms with Crippen molar-refractivity contribution in [3.63, 3.8) is 0 Å². The van der Waals surface area contributed by atoms with E-state index >= 15 is 0 Å². The maximum atomic E-state index is 12.9. The molecular weight excluding hydrogens is 460 g/mol. The molecule has 0 bridgehead atoms. The van der Waals surface area contributed by atoms with Crippen LogP contribution in [0, 0.1) is 0 Å². The number of carbonyl (C=O) groups excluding carboxylic acids is 1. The largest absolute Gasteiger partial charge is 0.292 e. The highest BCUT2D eigenvalue weighted by Gasteiger charge is 2.30. The zero-order valence-electron chi connectivity index (χ0n) is 20.7. The van der Waals surface area contributed by atoms with E-state index in [0.717, 1.165) is 33.6 Å². The van der Waals surface area contributed by atoms with Gasteiger partial charge in [-0.15, -0.1) is 5.10 Å². The lowest BCUT2D eigenvalue weighted by Gasteiger charge is -2.18. The summed E-state index contributed by atoms with van der Waals surface area (Å²) < 4.78 is 1.76. The zero-order chi connectivity index (χ0) is 25.4. The van der Waals surface area contributed by atoms with Crippen LogP contribution in [0.4, 0.5) is 5.82 Å². The van der Waals surface area contributed by atoms with Crippen molar-refractivity contribution in [3.8, 4) is 28.3 Å². The van der Waals surface area contributed by atoms with Crippen LogP contribution in [0.1, 0.15) is 36.5 Å². The van der Waals surface area contributed by atoms with Crippen molar-refractivity contribution < 1.29 is 4.79 Å². The van der Waals surface area contributed by atoms with Crippen molar-refractivity contribution in [2.45, 2.75) is 32.7 Å². The molecule has 0 unspecified atom stereocenters. The van der Waals surface area contributed by atoms with Crippen LogP contribution in [0.3, 0.4) is 0 Å². The fraction of sp³-hybridized carbons (Fsp3) is 0.167. The number of anilines is 1. The first-order valence-corrected chi connectivity index (χ1v) is 12.4. The molecule has 7 nitrogen and oxygen atoms in total. The monoisotopic (exact) mass is 486 g/mol. The van der Waals surface area contributed by atoms with E-state index in [1.807, 2.05) is 79.0 Å². The Morgan fingerprint density at radius 2 is 1.68 bits per heavy atom. The molecule has 182 valence electrons. The van der Waals surface area contributed by atoms with Crippen molar-refractivity contribution in [1.29, 1.82) is 0 Å². The van der Waals surface area contributed by atoms with E-state index in [2.05, 4.69) is 35.2 Å². The molecule has 3 heterocycles. The summed E-state index contributed by atoms with van der Waals surface area (Å²) in [5, 5.41) is 8.58. The number of hydrogen-bond acceptors (Lipinski definition) is 5. The summed E-state index contributed by atoms with van der Waals surface area (Å²) in [6.45, 7) is 4.77. The smallest absolute Gasteiger partial charge is 0.233 e. The van der Waals surface area contributed by atoms with Crippen LogP contribution < -0.4 is 4.90 Å². The molecule has 5 aromatic rings. The summed E-state index contributed by atoms with van der Waals surface area (Å²) in [5.41, 5.74) is 6.82. The number of hydrogen-bond donors (Lipinski definition) is 0. The average Bonchev–Trinajstić information content (AvgIpc) is 3.54. The van der Waals surface area contributed by atoms with Gasteiger partial charge in [0.2, 0.25) is 5.91 Å². The predicted molar refractivity (Wildman–Crippen MR) is 143 cm³/mol. The lowest BCUT2D eigenvalue weighted by molar-refractivity contribution is -0.117. The highest BCUT2D eigenvalue weighted by Crippen LogP contribution is 2.32. The summed E-state index contributed by atoms with van der Waals surface area (Å²) in [6, 6.07) is 26.2. The molecule has 0 N–H and O–H groups in total. The fourth-order valence-electron chi connectivity index (χ4n) is 4.70. The van der Waals surface area contributed by atoms with Gasteiger partial charge >= 0.3 is 0 Å². The van der Waals surface area contributed by atoms with E-state index in [0.29, 0.717) is 30.5 Å². The third-order valence-corrected chi connectivity index (χ3v) is 6.67. The SMILES string of the molecule is CC(C)c1ccccc1-c1ncc2c(n1)N(Cc1ccc(-n3cc(-c4ccccc4)nn3)cc1)C(=O)C2. The van der Waals surface area contributed by atoms with Crippen molar-refractivity contribution >= 4 is 11.7 Å². The van der Waals surface area contributed by atoms with E-state index in [4.69, 9.17) is 4.98 Å². The van der Waals surface area contributed by atoms with Crippen LogP contribution in [0.2, 0.25) is 0 Å². The minimum atomic E-state index is 0.0338. The Morgan fingerprint density at radius 1 is 0.919 bits per heavy atom. The highest BCUT2D eigenvalue weighted by molar-refractivity contribution is 6.00. The first-order valence-electron chi connectivity index (χ1n) is 12.4. The molecule has 2 aromatic heterocycles. The zero-order valence-corrected chi connectivity index (χ0v) is 20.7. The highest BCUT2D eigenvalue weighted by atomic mass is 16.2. The van der Waals surface area contributed by atoms with Gasteiger partial charge in [-0.25, -0.2) is 14.6 Å². The van der Waals surface area contributed by atoms with Gasteiger partial charge in [0.05, 0.1) is 24.8 Å². The van der Waals surface area contributed by atoms with Gasteiger partial charge in [-0.3, -0.25) is 9.69 Å². The molecule has 3 aromatic carbocycles.